The molecule has 3 rings (SSSR count). The van der Waals surface area contributed by atoms with Crippen LogP contribution in [-0.4, -0.2) is 11.0 Å². The van der Waals surface area contributed by atoms with Gasteiger partial charge < -0.3 is 5.32 Å². The third-order valence-electron chi connectivity index (χ3n) is 3.50. The van der Waals surface area contributed by atoms with Gasteiger partial charge >= 0.3 is 0 Å². The average molecular weight is 347 g/mol. The van der Waals surface area contributed by atoms with E-state index in [1.165, 1.54) is 17.0 Å². The monoisotopic (exact) mass is 346 g/mol. The van der Waals surface area contributed by atoms with E-state index in [0.717, 1.165) is 5.56 Å². The van der Waals surface area contributed by atoms with E-state index in [2.05, 4.69) is 5.32 Å². The van der Waals surface area contributed by atoms with E-state index >= 15 is 0 Å². The number of amides is 1. The fourth-order valence-electron chi connectivity index (χ4n) is 2.24. The zero-order valence-electron chi connectivity index (χ0n) is 12.1. The maximum absolute atomic E-state index is 13.7. The van der Waals surface area contributed by atoms with E-state index in [-0.39, 0.29) is 16.7 Å². The van der Waals surface area contributed by atoms with E-state index in [1.54, 1.807) is 30.3 Å². The molecule has 0 aromatic heterocycles. The number of carbonyl (C=O) groups excluding carboxylic acids is 1. The number of anilines is 1. The molecule has 1 saturated heterocycles. The molecule has 0 atom stereocenters. The van der Waals surface area contributed by atoms with Crippen LogP contribution in [0.1, 0.15) is 11.1 Å². The lowest BCUT2D eigenvalue weighted by atomic mass is 10.1. The number of nitrogens with one attached hydrogen (secondary N) is 1. The van der Waals surface area contributed by atoms with Crippen molar-refractivity contribution in [1.82, 2.24) is 5.32 Å². The molecule has 0 bridgehead atoms. The van der Waals surface area contributed by atoms with Gasteiger partial charge in [0.2, 0.25) is 0 Å². The van der Waals surface area contributed by atoms with Crippen molar-refractivity contribution >= 4 is 46.6 Å². The molecule has 6 heteroatoms. The minimum Gasteiger partial charge on any atom is -0.327 e. The molecular formula is C17H12ClFN2OS. The predicted molar refractivity (Wildman–Crippen MR) is 93.8 cm³/mol. The Morgan fingerprint density at radius 2 is 2.00 bits per heavy atom. The van der Waals surface area contributed by atoms with Crippen molar-refractivity contribution in [3.05, 3.63) is 70.1 Å². The summed E-state index contributed by atoms with van der Waals surface area (Å²) in [4.78, 5) is 13.9. The highest BCUT2D eigenvalue weighted by Gasteiger charge is 2.32. The first kappa shape index (κ1) is 15.6. The van der Waals surface area contributed by atoms with Gasteiger partial charge in [-0.2, -0.15) is 0 Å². The van der Waals surface area contributed by atoms with Crippen molar-refractivity contribution in [2.24, 2.45) is 0 Å². The van der Waals surface area contributed by atoms with Crippen LogP contribution in [0.3, 0.4) is 0 Å². The van der Waals surface area contributed by atoms with Crippen LogP contribution in [0.4, 0.5) is 10.1 Å². The van der Waals surface area contributed by atoms with Crippen molar-refractivity contribution in [3.8, 4) is 0 Å². The normalized spacial score (nSPS) is 16.1. The Balaban J connectivity index is 1.97. The van der Waals surface area contributed by atoms with E-state index < -0.39 is 5.82 Å². The van der Waals surface area contributed by atoms with Crippen LogP contribution in [-0.2, 0) is 4.79 Å². The number of benzene rings is 2. The summed E-state index contributed by atoms with van der Waals surface area (Å²) in [7, 11) is 0. The summed E-state index contributed by atoms with van der Waals surface area (Å²) in [6, 6.07) is 11.5. The van der Waals surface area contributed by atoms with E-state index in [9.17, 15) is 9.18 Å². The molecule has 0 unspecified atom stereocenters. The van der Waals surface area contributed by atoms with Crippen LogP contribution in [0.25, 0.3) is 6.08 Å². The fourth-order valence-corrected chi connectivity index (χ4v) is 2.71. The van der Waals surface area contributed by atoms with Crippen molar-refractivity contribution in [1.29, 1.82) is 0 Å². The van der Waals surface area contributed by atoms with Gasteiger partial charge in [0.25, 0.3) is 5.91 Å². The third-order valence-corrected chi connectivity index (χ3v) is 4.19. The fraction of sp³-hybridized carbons (Fsp3) is 0.0588. The summed E-state index contributed by atoms with van der Waals surface area (Å²) in [5.74, 6) is -0.754. The summed E-state index contributed by atoms with van der Waals surface area (Å²) in [5.41, 5.74) is 2.01. The number of thiocarbonyl (C=S) groups is 1. The first-order valence-electron chi connectivity index (χ1n) is 6.85. The smallest absolute Gasteiger partial charge is 0.281 e. The van der Waals surface area contributed by atoms with Crippen LogP contribution >= 0.6 is 23.8 Å². The Morgan fingerprint density at radius 3 is 2.70 bits per heavy atom. The number of carbonyl (C=O) groups is 1. The molecule has 116 valence electrons. The Kier molecular flexibility index (Phi) is 4.15. The summed E-state index contributed by atoms with van der Waals surface area (Å²) >= 11 is 11.3. The van der Waals surface area contributed by atoms with Gasteiger partial charge in [0.05, 0.1) is 5.69 Å². The Hall–Kier alpha value is -2.24. The largest absolute Gasteiger partial charge is 0.327 e. The lowest BCUT2D eigenvalue weighted by molar-refractivity contribution is -0.113. The number of hydrogen-bond acceptors (Lipinski definition) is 2. The lowest BCUT2D eigenvalue weighted by Gasteiger charge is -2.14. The molecule has 1 N–H and O–H groups in total. The molecule has 1 amide bonds. The molecule has 23 heavy (non-hydrogen) atoms. The number of nitrogens with zero attached hydrogens (tertiary/aromatic N) is 1. The van der Waals surface area contributed by atoms with Gasteiger partial charge in [0.1, 0.15) is 11.5 Å². The predicted octanol–water partition coefficient (Wildman–Crippen LogP) is 4.05. The molecule has 1 heterocycles. The first-order valence-corrected chi connectivity index (χ1v) is 7.64. The summed E-state index contributed by atoms with van der Waals surface area (Å²) in [5, 5.41) is 3.60. The zero-order chi connectivity index (χ0) is 16.6. The molecule has 2 aromatic carbocycles. The second-order valence-electron chi connectivity index (χ2n) is 5.08. The number of halogens is 2. The van der Waals surface area contributed by atoms with Crippen LogP contribution in [0.2, 0.25) is 5.02 Å². The molecule has 0 radical (unpaired) electrons. The van der Waals surface area contributed by atoms with E-state index in [0.29, 0.717) is 16.3 Å². The lowest BCUT2D eigenvalue weighted by Crippen LogP contribution is -2.30. The van der Waals surface area contributed by atoms with Gasteiger partial charge in [0, 0.05) is 10.6 Å². The van der Waals surface area contributed by atoms with Crippen LogP contribution in [0.5, 0.6) is 0 Å². The van der Waals surface area contributed by atoms with Crippen molar-refractivity contribution in [2.45, 2.75) is 6.92 Å². The molecule has 1 aliphatic rings. The zero-order valence-corrected chi connectivity index (χ0v) is 13.7. The SMILES string of the molecule is Cc1ccc(N2C(=O)/C(=C/c3ccccc3F)NC2=S)cc1Cl. The number of rotatable bonds is 2. The van der Waals surface area contributed by atoms with Gasteiger partial charge in [-0.1, -0.05) is 35.9 Å². The minimum atomic E-state index is -0.405. The Morgan fingerprint density at radius 1 is 1.26 bits per heavy atom. The first-order chi connectivity index (χ1) is 11.0. The highest BCUT2D eigenvalue weighted by atomic mass is 35.5. The van der Waals surface area contributed by atoms with Crippen LogP contribution in [0.15, 0.2) is 48.2 Å². The second kappa shape index (κ2) is 6.10. The molecular weight excluding hydrogens is 335 g/mol. The summed E-state index contributed by atoms with van der Waals surface area (Å²) in [6.07, 6.45) is 1.44. The third kappa shape index (κ3) is 2.98. The second-order valence-corrected chi connectivity index (χ2v) is 5.88. The maximum atomic E-state index is 13.7. The number of aryl methyl sites for hydroxylation is 1. The van der Waals surface area contributed by atoms with Gasteiger partial charge in [0.15, 0.2) is 5.11 Å². The molecule has 1 fully saturated rings. The molecule has 3 nitrogen and oxygen atoms in total. The van der Waals surface area contributed by atoms with Crippen molar-refractivity contribution in [3.63, 3.8) is 0 Å². The van der Waals surface area contributed by atoms with E-state index in [1.807, 2.05) is 13.0 Å². The Labute approximate surface area is 143 Å². The molecule has 2 aromatic rings. The summed E-state index contributed by atoms with van der Waals surface area (Å²) in [6.45, 7) is 1.87. The van der Waals surface area contributed by atoms with Crippen LogP contribution < -0.4 is 10.2 Å². The number of hydrogen-bond donors (Lipinski definition) is 1. The minimum absolute atomic E-state index is 0.219. The van der Waals surface area contributed by atoms with Gasteiger partial charge in [-0.05, 0) is 49.0 Å². The standard InChI is InChI=1S/C17H12ClFN2OS/c1-10-6-7-12(9-13(10)18)21-16(22)15(20-17(21)23)8-11-4-2-3-5-14(11)19/h2-9H,1H3,(H,20,23)/b15-8-. The topological polar surface area (TPSA) is 32.3 Å². The maximum Gasteiger partial charge on any atom is 0.281 e. The molecule has 0 aliphatic carbocycles. The average Bonchev–Trinajstić information content (AvgIpc) is 2.79. The molecule has 0 saturated carbocycles. The Bertz CT molecular complexity index is 850. The van der Waals surface area contributed by atoms with E-state index in [4.69, 9.17) is 23.8 Å². The van der Waals surface area contributed by atoms with Crippen molar-refractivity contribution < 1.29 is 9.18 Å². The van der Waals surface area contributed by atoms with Gasteiger partial charge in [-0.15, -0.1) is 0 Å². The van der Waals surface area contributed by atoms with Gasteiger partial charge in [-0.3, -0.25) is 9.69 Å². The molecule has 0 spiro atoms. The highest BCUT2D eigenvalue weighted by Crippen LogP contribution is 2.27. The molecule has 1 aliphatic heterocycles. The highest BCUT2D eigenvalue weighted by molar-refractivity contribution is 7.80. The quantitative estimate of drug-likeness (QED) is 0.657. The summed E-state index contributed by atoms with van der Waals surface area (Å²) < 4.78 is 13.7. The van der Waals surface area contributed by atoms with Crippen molar-refractivity contribution in [2.75, 3.05) is 4.90 Å². The van der Waals surface area contributed by atoms with Gasteiger partial charge in [-0.25, -0.2) is 4.39 Å². The van der Waals surface area contributed by atoms with Crippen LogP contribution in [0, 0.1) is 12.7 Å².